The number of aromatic nitrogens is 2. The normalized spacial score (nSPS) is 25.1. The minimum atomic E-state index is 0.192. The number of aryl methyl sites for hydroxylation is 2. The highest BCUT2D eigenvalue weighted by atomic mass is 16.3. The highest BCUT2D eigenvalue weighted by molar-refractivity contribution is 5.41. The van der Waals surface area contributed by atoms with Crippen LogP contribution in [0.15, 0.2) is 6.07 Å². The van der Waals surface area contributed by atoms with Crippen LogP contribution in [0.4, 0.5) is 5.82 Å². The van der Waals surface area contributed by atoms with Crippen LogP contribution in [0.1, 0.15) is 31.3 Å². The highest BCUT2D eigenvalue weighted by Crippen LogP contribution is 2.27. The number of hydrogen-bond donors (Lipinski definition) is 1. The average Bonchev–Trinajstić information content (AvgIpc) is 2.27. The lowest BCUT2D eigenvalue weighted by Gasteiger charge is -2.40. The van der Waals surface area contributed by atoms with Gasteiger partial charge in [0.25, 0.3) is 0 Å². The van der Waals surface area contributed by atoms with E-state index in [0.717, 1.165) is 23.9 Å². The molecule has 94 valence electrons. The van der Waals surface area contributed by atoms with E-state index >= 15 is 0 Å². The van der Waals surface area contributed by atoms with Gasteiger partial charge in [-0.05, 0) is 32.6 Å². The third-order valence-electron chi connectivity index (χ3n) is 3.55. The Bertz CT molecular complexity index is 374. The van der Waals surface area contributed by atoms with Crippen LogP contribution in [-0.4, -0.2) is 34.3 Å². The van der Waals surface area contributed by atoms with Crippen molar-refractivity contribution >= 4 is 5.82 Å². The van der Waals surface area contributed by atoms with Crippen LogP contribution in [0.2, 0.25) is 0 Å². The van der Waals surface area contributed by atoms with Gasteiger partial charge in [-0.2, -0.15) is 0 Å². The molecule has 2 heterocycles. The molecule has 2 atom stereocenters. The van der Waals surface area contributed by atoms with E-state index in [-0.39, 0.29) is 12.6 Å². The summed E-state index contributed by atoms with van der Waals surface area (Å²) in [4.78, 5) is 11.0. The third-order valence-corrected chi connectivity index (χ3v) is 3.55. The number of rotatable bonds is 2. The summed E-state index contributed by atoms with van der Waals surface area (Å²) in [7, 11) is 0. The summed E-state index contributed by atoms with van der Waals surface area (Å²) in [6.07, 6.45) is 2.35. The zero-order chi connectivity index (χ0) is 12.4. The maximum absolute atomic E-state index is 9.55. The summed E-state index contributed by atoms with van der Waals surface area (Å²) >= 11 is 0. The molecule has 0 saturated carbocycles. The molecule has 1 aliphatic heterocycles. The van der Waals surface area contributed by atoms with E-state index < -0.39 is 0 Å². The molecule has 0 unspecified atom stereocenters. The van der Waals surface area contributed by atoms with Gasteiger partial charge in [-0.3, -0.25) is 0 Å². The maximum atomic E-state index is 9.55. The van der Waals surface area contributed by atoms with Crippen molar-refractivity contribution in [2.75, 3.05) is 18.1 Å². The van der Waals surface area contributed by atoms with Crippen molar-refractivity contribution in [3.63, 3.8) is 0 Å². The van der Waals surface area contributed by atoms with Gasteiger partial charge in [0, 0.05) is 18.3 Å². The molecule has 0 bridgehead atoms. The molecule has 1 saturated heterocycles. The highest BCUT2D eigenvalue weighted by Gasteiger charge is 2.28. The monoisotopic (exact) mass is 235 g/mol. The first-order chi connectivity index (χ1) is 8.11. The average molecular weight is 235 g/mol. The van der Waals surface area contributed by atoms with Crippen LogP contribution < -0.4 is 4.90 Å². The largest absolute Gasteiger partial charge is 0.394 e. The first kappa shape index (κ1) is 12.3. The van der Waals surface area contributed by atoms with Crippen LogP contribution in [0.25, 0.3) is 0 Å². The van der Waals surface area contributed by atoms with E-state index in [1.54, 1.807) is 0 Å². The molecule has 0 radical (unpaired) electrons. The smallest absolute Gasteiger partial charge is 0.132 e. The Morgan fingerprint density at radius 3 is 2.82 bits per heavy atom. The third kappa shape index (κ3) is 2.57. The number of piperidine rings is 1. The van der Waals surface area contributed by atoms with E-state index in [4.69, 9.17) is 0 Å². The molecule has 0 aromatic carbocycles. The molecule has 4 nitrogen and oxygen atoms in total. The molecule has 2 rings (SSSR count). The zero-order valence-corrected chi connectivity index (χ0v) is 10.8. The predicted octanol–water partition coefficient (Wildman–Crippen LogP) is 1.69. The summed E-state index contributed by atoms with van der Waals surface area (Å²) in [6, 6.07) is 2.20. The maximum Gasteiger partial charge on any atom is 0.132 e. The quantitative estimate of drug-likeness (QED) is 0.847. The van der Waals surface area contributed by atoms with Gasteiger partial charge in [0.1, 0.15) is 11.6 Å². The van der Waals surface area contributed by atoms with Gasteiger partial charge < -0.3 is 10.0 Å². The Kier molecular flexibility index (Phi) is 3.62. The standard InChI is InChI=1S/C13H21N3O/c1-9-5-4-6-16(12(9)8-17)13-7-10(2)14-11(3)15-13/h7,9,12,17H,4-6,8H2,1-3H3/t9-,12-/m1/s1. The SMILES string of the molecule is Cc1cc(N2CCC[C@@H](C)[C@H]2CO)nc(C)n1. The fraction of sp³-hybridized carbons (Fsp3) is 0.692. The molecule has 17 heavy (non-hydrogen) atoms. The number of aliphatic hydroxyl groups is 1. The molecule has 0 amide bonds. The first-order valence-corrected chi connectivity index (χ1v) is 6.31. The second-order valence-electron chi connectivity index (χ2n) is 4.98. The lowest BCUT2D eigenvalue weighted by molar-refractivity contribution is 0.202. The molecule has 1 N–H and O–H groups in total. The summed E-state index contributed by atoms with van der Waals surface area (Å²) < 4.78 is 0. The topological polar surface area (TPSA) is 49.2 Å². The van der Waals surface area contributed by atoms with Gasteiger partial charge in [0.05, 0.1) is 12.6 Å². The van der Waals surface area contributed by atoms with Crippen LogP contribution in [0.5, 0.6) is 0 Å². The lowest BCUT2D eigenvalue weighted by Crippen LogP contribution is -2.47. The van der Waals surface area contributed by atoms with E-state index in [2.05, 4.69) is 21.8 Å². The molecule has 4 heteroatoms. The van der Waals surface area contributed by atoms with Gasteiger partial charge in [0.15, 0.2) is 0 Å². The van der Waals surface area contributed by atoms with Crippen molar-refractivity contribution in [1.82, 2.24) is 9.97 Å². The van der Waals surface area contributed by atoms with Crippen molar-refractivity contribution in [3.05, 3.63) is 17.6 Å². The minimum Gasteiger partial charge on any atom is -0.394 e. The van der Waals surface area contributed by atoms with Gasteiger partial charge in [-0.1, -0.05) is 6.92 Å². The summed E-state index contributed by atoms with van der Waals surface area (Å²) in [6.45, 7) is 7.28. The van der Waals surface area contributed by atoms with Gasteiger partial charge >= 0.3 is 0 Å². The molecule has 1 aromatic heterocycles. The molecule has 1 aliphatic rings. The Labute approximate surface area is 103 Å². The summed E-state index contributed by atoms with van der Waals surface area (Å²) in [5.41, 5.74) is 0.988. The fourth-order valence-electron chi connectivity index (χ4n) is 2.66. The molecule has 0 aliphatic carbocycles. The van der Waals surface area contributed by atoms with E-state index in [0.29, 0.717) is 5.92 Å². The number of nitrogens with zero attached hydrogens (tertiary/aromatic N) is 3. The van der Waals surface area contributed by atoms with Crippen LogP contribution in [0, 0.1) is 19.8 Å². The summed E-state index contributed by atoms with van der Waals surface area (Å²) in [5, 5.41) is 9.55. The van der Waals surface area contributed by atoms with Crippen molar-refractivity contribution in [2.24, 2.45) is 5.92 Å². The molecular weight excluding hydrogens is 214 g/mol. The number of aliphatic hydroxyl groups excluding tert-OH is 1. The second-order valence-corrected chi connectivity index (χ2v) is 4.98. The summed E-state index contributed by atoms with van der Waals surface area (Å²) in [5.74, 6) is 2.28. The molecular formula is C13H21N3O. The van der Waals surface area contributed by atoms with Crippen LogP contribution in [0.3, 0.4) is 0 Å². The lowest BCUT2D eigenvalue weighted by atomic mass is 9.91. The first-order valence-electron chi connectivity index (χ1n) is 6.31. The minimum absolute atomic E-state index is 0.192. The van der Waals surface area contributed by atoms with E-state index in [1.165, 1.54) is 12.8 Å². The van der Waals surface area contributed by atoms with E-state index in [1.807, 2.05) is 19.9 Å². The molecule has 1 aromatic rings. The Morgan fingerprint density at radius 2 is 2.18 bits per heavy atom. The van der Waals surface area contributed by atoms with Crippen LogP contribution >= 0.6 is 0 Å². The predicted molar refractivity (Wildman–Crippen MR) is 68.1 cm³/mol. The molecule has 0 spiro atoms. The van der Waals surface area contributed by atoms with Crippen molar-refractivity contribution < 1.29 is 5.11 Å². The van der Waals surface area contributed by atoms with Gasteiger partial charge in [-0.15, -0.1) is 0 Å². The van der Waals surface area contributed by atoms with Crippen molar-refractivity contribution in [1.29, 1.82) is 0 Å². The number of anilines is 1. The number of hydrogen-bond acceptors (Lipinski definition) is 4. The van der Waals surface area contributed by atoms with Crippen molar-refractivity contribution in [2.45, 2.75) is 39.7 Å². The molecule has 1 fully saturated rings. The Morgan fingerprint density at radius 1 is 1.41 bits per heavy atom. The Balaban J connectivity index is 2.30. The zero-order valence-electron chi connectivity index (χ0n) is 10.8. The second kappa shape index (κ2) is 5.00. The van der Waals surface area contributed by atoms with Gasteiger partial charge in [-0.25, -0.2) is 9.97 Å². The van der Waals surface area contributed by atoms with E-state index in [9.17, 15) is 5.11 Å². The van der Waals surface area contributed by atoms with Gasteiger partial charge in [0.2, 0.25) is 0 Å². The van der Waals surface area contributed by atoms with Crippen molar-refractivity contribution in [3.8, 4) is 0 Å². The Hall–Kier alpha value is -1.16. The fourth-order valence-corrected chi connectivity index (χ4v) is 2.66. The van der Waals surface area contributed by atoms with Crippen LogP contribution in [-0.2, 0) is 0 Å².